The molecule has 6 heteroatoms. The number of methoxy groups -OCH3 is 3. The van der Waals surface area contributed by atoms with E-state index < -0.39 is 5.97 Å². The first-order valence-electron chi connectivity index (χ1n) is 6.80. The third kappa shape index (κ3) is 3.79. The van der Waals surface area contributed by atoms with Crippen LogP contribution in [0.3, 0.4) is 0 Å². The smallest absolute Gasteiger partial charge is 0.337 e. The molecule has 1 amide bonds. The van der Waals surface area contributed by atoms with Gasteiger partial charge in [0.15, 0.2) is 0 Å². The van der Waals surface area contributed by atoms with Gasteiger partial charge in [-0.05, 0) is 30.3 Å². The molecule has 0 atom stereocenters. The van der Waals surface area contributed by atoms with Crippen molar-refractivity contribution in [2.45, 2.75) is 0 Å². The van der Waals surface area contributed by atoms with Crippen molar-refractivity contribution in [2.24, 2.45) is 0 Å². The number of carbonyl (C=O) groups excluding carboxylic acids is 2. The van der Waals surface area contributed by atoms with E-state index in [9.17, 15) is 9.59 Å². The Morgan fingerprint density at radius 2 is 1.65 bits per heavy atom. The van der Waals surface area contributed by atoms with Crippen LogP contribution in [0.15, 0.2) is 42.5 Å². The van der Waals surface area contributed by atoms with Gasteiger partial charge in [-0.3, -0.25) is 4.79 Å². The van der Waals surface area contributed by atoms with E-state index in [1.807, 2.05) is 0 Å². The zero-order chi connectivity index (χ0) is 16.8. The highest BCUT2D eigenvalue weighted by Crippen LogP contribution is 2.29. The van der Waals surface area contributed by atoms with E-state index in [0.717, 1.165) is 0 Å². The topological polar surface area (TPSA) is 73.9 Å². The summed E-state index contributed by atoms with van der Waals surface area (Å²) in [6.07, 6.45) is 0. The second kappa shape index (κ2) is 7.31. The Hall–Kier alpha value is -3.02. The second-order valence-electron chi connectivity index (χ2n) is 4.59. The van der Waals surface area contributed by atoms with E-state index in [1.54, 1.807) is 36.4 Å². The monoisotopic (exact) mass is 315 g/mol. The average molecular weight is 315 g/mol. The van der Waals surface area contributed by atoms with Gasteiger partial charge < -0.3 is 19.5 Å². The Kier molecular flexibility index (Phi) is 5.19. The number of hydrogen-bond acceptors (Lipinski definition) is 5. The largest absolute Gasteiger partial charge is 0.497 e. The highest BCUT2D eigenvalue weighted by molar-refractivity contribution is 6.06. The summed E-state index contributed by atoms with van der Waals surface area (Å²) < 4.78 is 15.0. The van der Waals surface area contributed by atoms with Crippen LogP contribution in [-0.4, -0.2) is 33.2 Å². The third-order valence-electron chi connectivity index (χ3n) is 3.20. The van der Waals surface area contributed by atoms with Crippen molar-refractivity contribution in [1.82, 2.24) is 0 Å². The van der Waals surface area contributed by atoms with E-state index in [0.29, 0.717) is 28.3 Å². The minimum absolute atomic E-state index is 0.303. The lowest BCUT2D eigenvalue weighted by Gasteiger charge is -2.12. The molecule has 0 aliphatic rings. The third-order valence-corrected chi connectivity index (χ3v) is 3.20. The van der Waals surface area contributed by atoms with E-state index in [2.05, 4.69) is 10.1 Å². The van der Waals surface area contributed by atoms with E-state index in [-0.39, 0.29) is 5.91 Å². The first kappa shape index (κ1) is 16.4. The molecule has 6 nitrogen and oxygen atoms in total. The number of nitrogens with one attached hydrogen (secondary N) is 1. The average Bonchev–Trinajstić information content (AvgIpc) is 2.60. The Labute approximate surface area is 134 Å². The zero-order valence-corrected chi connectivity index (χ0v) is 13.1. The van der Waals surface area contributed by atoms with Gasteiger partial charge in [0.05, 0.1) is 32.6 Å². The minimum Gasteiger partial charge on any atom is -0.497 e. The molecule has 2 aromatic carbocycles. The predicted octanol–water partition coefficient (Wildman–Crippen LogP) is 2.74. The molecule has 0 heterocycles. The number of carbonyl (C=O) groups is 2. The molecule has 0 saturated heterocycles. The summed E-state index contributed by atoms with van der Waals surface area (Å²) in [6, 6.07) is 11.3. The summed E-state index contributed by atoms with van der Waals surface area (Å²) >= 11 is 0. The number of amides is 1. The van der Waals surface area contributed by atoms with Crippen LogP contribution < -0.4 is 14.8 Å². The van der Waals surface area contributed by atoms with Gasteiger partial charge >= 0.3 is 5.97 Å². The van der Waals surface area contributed by atoms with Gasteiger partial charge in [-0.25, -0.2) is 4.79 Å². The van der Waals surface area contributed by atoms with E-state index in [4.69, 9.17) is 9.47 Å². The fraction of sp³-hybridized carbons (Fsp3) is 0.176. The van der Waals surface area contributed by atoms with Crippen LogP contribution in [0.5, 0.6) is 11.5 Å². The van der Waals surface area contributed by atoms with Crippen molar-refractivity contribution in [2.75, 3.05) is 26.6 Å². The lowest BCUT2D eigenvalue weighted by atomic mass is 10.1. The zero-order valence-electron chi connectivity index (χ0n) is 13.1. The molecule has 0 spiro atoms. The van der Waals surface area contributed by atoms with Gasteiger partial charge in [0, 0.05) is 11.6 Å². The van der Waals surface area contributed by atoms with Gasteiger partial charge in [-0.1, -0.05) is 6.07 Å². The maximum absolute atomic E-state index is 12.4. The molecule has 2 rings (SSSR count). The number of hydrogen-bond donors (Lipinski definition) is 1. The van der Waals surface area contributed by atoms with Crippen LogP contribution in [-0.2, 0) is 4.74 Å². The van der Waals surface area contributed by atoms with Crippen LogP contribution in [0, 0.1) is 0 Å². The van der Waals surface area contributed by atoms with Gasteiger partial charge in [-0.15, -0.1) is 0 Å². The molecule has 0 aliphatic carbocycles. The SMILES string of the molecule is COC(=O)c1cccc(C(=O)Nc2cc(OC)ccc2OC)c1. The number of rotatable bonds is 5. The van der Waals surface area contributed by atoms with Crippen LogP contribution in [0.2, 0.25) is 0 Å². The maximum atomic E-state index is 12.4. The molecule has 0 radical (unpaired) electrons. The van der Waals surface area contributed by atoms with Crippen molar-refractivity contribution in [3.63, 3.8) is 0 Å². The fourth-order valence-corrected chi connectivity index (χ4v) is 2.01. The number of anilines is 1. The molecule has 0 aromatic heterocycles. The molecular formula is C17H17NO5. The predicted molar refractivity (Wildman–Crippen MR) is 85.3 cm³/mol. The molecule has 120 valence electrons. The van der Waals surface area contributed by atoms with Gasteiger partial charge in [-0.2, -0.15) is 0 Å². The van der Waals surface area contributed by atoms with Gasteiger partial charge in [0.25, 0.3) is 5.91 Å². The molecule has 0 saturated carbocycles. The molecular weight excluding hydrogens is 298 g/mol. The van der Waals surface area contributed by atoms with Crippen molar-refractivity contribution in [3.8, 4) is 11.5 Å². The number of benzene rings is 2. The first-order chi connectivity index (χ1) is 11.1. The summed E-state index contributed by atoms with van der Waals surface area (Å²) in [4.78, 5) is 23.9. The lowest BCUT2D eigenvalue weighted by Crippen LogP contribution is -2.14. The summed E-state index contributed by atoms with van der Waals surface area (Å²) in [5.41, 5.74) is 1.11. The lowest BCUT2D eigenvalue weighted by molar-refractivity contribution is 0.0600. The summed E-state index contributed by atoms with van der Waals surface area (Å²) in [5.74, 6) is 0.216. The van der Waals surface area contributed by atoms with Crippen molar-refractivity contribution < 1.29 is 23.8 Å². The van der Waals surface area contributed by atoms with Gasteiger partial charge in [0.2, 0.25) is 0 Å². The number of ether oxygens (including phenoxy) is 3. The highest BCUT2D eigenvalue weighted by Gasteiger charge is 2.13. The van der Waals surface area contributed by atoms with Crippen molar-refractivity contribution in [3.05, 3.63) is 53.6 Å². The first-order valence-corrected chi connectivity index (χ1v) is 6.80. The van der Waals surface area contributed by atoms with Crippen LogP contribution in [0.4, 0.5) is 5.69 Å². The van der Waals surface area contributed by atoms with Crippen molar-refractivity contribution in [1.29, 1.82) is 0 Å². The van der Waals surface area contributed by atoms with E-state index >= 15 is 0 Å². The fourth-order valence-electron chi connectivity index (χ4n) is 2.01. The molecule has 23 heavy (non-hydrogen) atoms. The molecule has 2 aromatic rings. The van der Waals surface area contributed by atoms with Crippen LogP contribution >= 0.6 is 0 Å². The van der Waals surface area contributed by atoms with E-state index in [1.165, 1.54) is 27.4 Å². The highest BCUT2D eigenvalue weighted by atomic mass is 16.5. The molecule has 1 N–H and O–H groups in total. The molecule has 0 aliphatic heterocycles. The second-order valence-corrected chi connectivity index (χ2v) is 4.59. The number of esters is 1. The Morgan fingerprint density at radius 3 is 2.30 bits per heavy atom. The summed E-state index contributed by atoms with van der Waals surface area (Å²) in [7, 11) is 4.33. The van der Waals surface area contributed by atoms with Crippen molar-refractivity contribution >= 4 is 17.6 Å². The van der Waals surface area contributed by atoms with Gasteiger partial charge in [0.1, 0.15) is 11.5 Å². The van der Waals surface area contributed by atoms with Crippen LogP contribution in [0.25, 0.3) is 0 Å². The Morgan fingerprint density at radius 1 is 0.913 bits per heavy atom. The maximum Gasteiger partial charge on any atom is 0.337 e. The van der Waals surface area contributed by atoms with Crippen LogP contribution in [0.1, 0.15) is 20.7 Å². The Balaban J connectivity index is 2.27. The minimum atomic E-state index is -0.501. The summed E-state index contributed by atoms with van der Waals surface area (Å²) in [6.45, 7) is 0. The quantitative estimate of drug-likeness (QED) is 0.859. The normalized spacial score (nSPS) is 9.87. The summed E-state index contributed by atoms with van der Waals surface area (Å²) in [5, 5.41) is 2.74. The Bertz CT molecular complexity index is 727. The molecule has 0 unspecified atom stereocenters. The molecule has 0 fully saturated rings. The molecule has 0 bridgehead atoms. The standard InChI is InChI=1S/C17H17NO5/c1-21-13-7-8-15(22-2)14(10-13)18-16(19)11-5-4-6-12(9-11)17(20)23-3/h4-10H,1-3H3,(H,18,19).